The molecule has 3 heteroatoms. The van der Waals surface area contributed by atoms with Gasteiger partial charge < -0.3 is 10.2 Å². The van der Waals surface area contributed by atoms with E-state index >= 15 is 0 Å². The van der Waals surface area contributed by atoms with Crippen LogP contribution in [0.2, 0.25) is 0 Å². The molecule has 4 rings (SSSR count). The summed E-state index contributed by atoms with van der Waals surface area (Å²) < 4.78 is 14.2. The highest BCUT2D eigenvalue weighted by Gasteiger charge is 2.21. The number of fused-ring (bicyclic) bond motifs is 5. The first-order valence-corrected chi connectivity index (χ1v) is 16.0. The third-order valence-electron chi connectivity index (χ3n) is 9.24. The highest BCUT2D eigenvalue weighted by molar-refractivity contribution is 5.98. The summed E-state index contributed by atoms with van der Waals surface area (Å²) in [5, 5.41) is 25.4. The van der Waals surface area contributed by atoms with E-state index in [0.717, 1.165) is 61.0 Å². The Kier molecular flexibility index (Phi) is 11.1. The molecule has 0 bridgehead atoms. The first kappa shape index (κ1) is 30.6. The van der Waals surface area contributed by atoms with Crippen LogP contribution in [0.4, 0.5) is 4.39 Å². The number of hydrogen-bond donors (Lipinski definition) is 2. The van der Waals surface area contributed by atoms with Crippen LogP contribution in [0.1, 0.15) is 122 Å². The summed E-state index contributed by atoms with van der Waals surface area (Å²) in [6.07, 6.45) is 19.8. The van der Waals surface area contributed by atoms with Gasteiger partial charge in [-0.1, -0.05) is 102 Å². The van der Waals surface area contributed by atoms with Crippen LogP contribution in [0, 0.1) is 11.8 Å². The monoisotopic (exact) mass is 546 g/mol. The van der Waals surface area contributed by atoms with E-state index in [9.17, 15) is 14.6 Å². The number of unbranched alkanes of at least 4 members (excludes halogenated alkanes) is 3. The lowest BCUT2D eigenvalue weighted by Crippen LogP contribution is -2.20. The lowest BCUT2D eigenvalue weighted by molar-refractivity contribution is 0.253. The Balaban J connectivity index is 1.28. The van der Waals surface area contributed by atoms with Crippen molar-refractivity contribution >= 4 is 28.5 Å². The zero-order chi connectivity index (χ0) is 28.6. The summed E-state index contributed by atoms with van der Waals surface area (Å²) in [6.45, 7) is 8.63. The zero-order valence-corrected chi connectivity index (χ0v) is 25.3. The van der Waals surface area contributed by atoms with Gasteiger partial charge in [0.05, 0.1) is 6.10 Å². The number of halogens is 1. The predicted octanol–water partition coefficient (Wildman–Crippen LogP) is 9.03. The van der Waals surface area contributed by atoms with Crippen LogP contribution in [-0.4, -0.2) is 22.5 Å². The van der Waals surface area contributed by atoms with Gasteiger partial charge in [-0.3, -0.25) is 0 Å². The highest BCUT2D eigenvalue weighted by atomic mass is 19.1. The molecule has 4 unspecified atom stereocenters. The molecule has 0 fully saturated rings. The molecule has 2 aromatic carbocycles. The number of rotatable bonds is 16. The average Bonchev–Trinajstić information content (AvgIpc) is 3.37. The van der Waals surface area contributed by atoms with Crippen LogP contribution in [0.3, 0.4) is 0 Å². The fourth-order valence-electron chi connectivity index (χ4n) is 6.86. The van der Waals surface area contributed by atoms with E-state index < -0.39 is 12.3 Å². The first-order valence-electron chi connectivity index (χ1n) is 16.0. The number of aliphatic hydroxyl groups excluding tert-OH is 2. The molecule has 218 valence electrons. The Labute approximate surface area is 241 Å². The molecular weight excluding hydrogens is 495 g/mol. The molecule has 40 heavy (non-hydrogen) atoms. The zero-order valence-electron chi connectivity index (χ0n) is 25.3. The summed E-state index contributed by atoms with van der Waals surface area (Å²) in [6, 6.07) is 8.65. The second-order valence-corrected chi connectivity index (χ2v) is 12.7. The Hall–Kier alpha value is -2.39. The quantitative estimate of drug-likeness (QED) is 0.206. The van der Waals surface area contributed by atoms with Gasteiger partial charge in [-0.25, -0.2) is 4.39 Å². The summed E-state index contributed by atoms with van der Waals surface area (Å²) >= 11 is 0. The van der Waals surface area contributed by atoms with Gasteiger partial charge in [0.1, 0.15) is 11.9 Å². The third-order valence-corrected chi connectivity index (χ3v) is 9.24. The minimum Gasteiger partial charge on any atom is -0.508 e. The van der Waals surface area contributed by atoms with Crippen molar-refractivity contribution in [3.63, 3.8) is 0 Å². The number of benzene rings is 2. The summed E-state index contributed by atoms with van der Waals surface area (Å²) in [5.74, 6) is 1.84. The SMILES string of the molecule is CCCC(C)CCC(F)CCCCCCC(C)CC[C@H]1C=C(O)C=c2ccc3c4c(ccc3c21)=C(C(C)O)C=C4. The molecular formula is C37H51FO2. The smallest absolute Gasteiger partial charge is 0.112 e. The van der Waals surface area contributed by atoms with Crippen LogP contribution in [-0.2, 0) is 0 Å². The fourth-order valence-corrected chi connectivity index (χ4v) is 6.86. The van der Waals surface area contributed by atoms with Gasteiger partial charge in [0.15, 0.2) is 0 Å². The Morgan fingerprint density at radius 3 is 2.27 bits per heavy atom. The standard InChI is InChI=1S/C37H51FO2/c1-5-10-25(2)14-17-30(38)12-9-7-6-8-11-26(3)13-15-28-23-31(40)24-29-16-18-35-34-20-19-32(27(4)39)33(34)21-22-36(35)37(28)29/h16,18-28,30,39-40H,5-15,17H2,1-4H3/t25?,26?,27?,28-,30?/m0/s1. The molecule has 2 nitrogen and oxygen atoms in total. The van der Waals surface area contributed by atoms with Crippen molar-refractivity contribution in [3.05, 3.63) is 63.7 Å². The predicted molar refractivity (Wildman–Crippen MR) is 170 cm³/mol. The molecule has 0 spiro atoms. The Morgan fingerprint density at radius 2 is 1.52 bits per heavy atom. The molecule has 0 saturated heterocycles. The molecule has 0 aromatic heterocycles. The van der Waals surface area contributed by atoms with Crippen molar-refractivity contribution in [2.45, 2.75) is 123 Å². The molecule has 0 saturated carbocycles. The molecule has 2 aliphatic rings. The highest BCUT2D eigenvalue weighted by Crippen LogP contribution is 2.34. The lowest BCUT2D eigenvalue weighted by atomic mass is 9.82. The van der Waals surface area contributed by atoms with Gasteiger partial charge in [-0.15, -0.1) is 0 Å². The molecule has 2 aromatic rings. The maximum atomic E-state index is 14.2. The number of hydrogen-bond acceptors (Lipinski definition) is 2. The minimum absolute atomic E-state index is 0.191. The number of aliphatic hydroxyl groups is 2. The average molecular weight is 547 g/mol. The van der Waals surface area contributed by atoms with E-state index in [1.807, 2.05) is 25.2 Å². The van der Waals surface area contributed by atoms with Crippen LogP contribution in [0.25, 0.3) is 28.5 Å². The maximum Gasteiger partial charge on any atom is 0.112 e. The molecule has 0 heterocycles. The van der Waals surface area contributed by atoms with Gasteiger partial charge in [-0.05, 0) is 101 Å². The van der Waals surface area contributed by atoms with E-state index in [-0.39, 0.29) is 5.92 Å². The molecule has 5 atom stereocenters. The molecule has 0 radical (unpaired) electrons. The van der Waals surface area contributed by atoms with Gasteiger partial charge in [0.2, 0.25) is 0 Å². The Morgan fingerprint density at radius 1 is 0.800 bits per heavy atom. The molecule has 2 N–H and O–H groups in total. The topological polar surface area (TPSA) is 40.5 Å². The second-order valence-electron chi connectivity index (χ2n) is 12.7. The first-order chi connectivity index (χ1) is 19.3. The molecule has 0 amide bonds. The van der Waals surface area contributed by atoms with E-state index in [1.54, 1.807) is 0 Å². The third kappa shape index (κ3) is 7.66. The van der Waals surface area contributed by atoms with Crippen LogP contribution < -0.4 is 10.4 Å². The molecule has 2 aliphatic carbocycles. The van der Waals surface area contributed by atoms with Gasteiger partial charge in [0.25, 0.3) is 0 Å². The number of alkyl halides is 1. The van der Waals surface area contributed by atoms with Gasteiger partial charge in [-0.2, -0.15) is 0 Å². The van der Waals surface area contributed by atoms with Crippen molar-refractivity contribution in [1.29, 1.82) is 0 Å². The Bertz CT molecular complexity index is 1320. The van der Waals surface area contributed by atoms with Crippen molar-refractivity contribution in [1.82, 2.24) is 0 Å². The van der Waals surface area contributed by atoms with Crippen molar-refractivity contribution in [2.24, 2.45) is 11.8 Å². The van der Waals surface area contributed by atoms with Gasteiger partial charge in [0, 0.05) is 5.92 Å². The summed E-state index contributed by atoms with van der Waals surface area (Å²) in [7, 11) is 0. The maximum absolute atomic E-state index is 14.2. The van der Waals surface area contributed by atoms with Crippen molar-refractivity contribution < 1.29 is 14.6 Å². The van der Waals surface area contributed by atoms with Crippen molar-refractivity contribution in [2.75, 3.05) is 0 Å². The van der Waals surface area contributed by atoms with Gasteiger partial charge >= 0.3 is 0 Å². The van der Waals surface area contributed by atoms with Crippen LogP contribution in [0.5, 0.6) is 0 Å². The fraction of sp³-hybridized carbons (Fsp3) is 0.568. The molecule has 0 aliphatic heterocycles. The van der Waals surface area contributed by atoms with Crippen molar-refractivity contribution in [3.8, 4) is 0 Å². The summed E-state index contributed by atoms with van der Waals surface area (Å²) in [4.78, 5) is 0. The van der Waals surface area contributed by atoms with E-state index in [0.29, 0.717) is 17.6 Å². The van der Waals surface area contributed by atoms with E-state index in [2.05, 4.69) is 51.1 Å². The van der Waals surface area contributed by atoms with Crippen LogP contribution >= 0.6 is 0 Å². The number of allylic oxidation sites excluding steroid dienone is 2. The van der Waals surface area contributed by atoms with E-state index in [4.69, 9.17) is 0 Å². The lowest BCUT2D eigenvalue weighted by Gasteiger charge is -2.22. The normalized spacial score (nSPS) is 19.1. The van der Waals surface area contributed by atoms with Crippen LogP contribution in [0.15, 0.2) is 42.2 Å². The van der Waals surface area contributed by atoms with E-state index in [1.165, 1.54) is 54.0 Å². The summed E-state index contributed by atoms with van der Waals surface area (Å²) in [5.41, 5.74) is 3.48. The second kappa shape index (κ2) is 14.5. The largest absolute Gasteiger partial charge is 0.508 e. The minimum atomic E-state index is -0.620.